The van der Waals surface area contributed by atoms with E-state index in [4.69, 9.17) is 0 Å². The van der Waals surface area contributed by atoms with E-state index in [1.165, 1.54) is 48.2 Å². The number of fused-ring (bicyclic) bond motifs is 4. The highest BCUT2D eigenvalue weighted by Gasteiger charge is 2.16. The van der Waals surface area contributed by atoms with Crippen LogP contribution in [0.25, 0.3) is 48.2 Å². The van der Waals surface area contributed by atoms with Gasteiger partial charge in [-0.2, -0.15) is 0 Å². The van der Waals surface area contributed by atoms with Crippen molar-refractivity contribution in [3.63, 3.8) is 0 Å². The summed E-state index contributed by atoms with van der Waals surface area (Å²) >= 11 is 0. The van der Waals surface area contributed by atoms with Gasteiger partial charge in [-0.25, -0.2) is 0 Å². The average molecular weight is 386 g/mol. The molecule has 0 amide bonds. The molecule has 0 nitrogen and oxygen atoms in total. The molecule has 1 unspecified atom stereocenters. The molecule has 29 heavy (non-hydrogen) atoms. The predicted octanol–water partition coefficient (Wildman–Crippen LogP) is 8.79. The van der Waals surface area contributed by atoms with Crippen molar-refractivity contribution in [3.8, 4) is 16.4 Å². The van der Waals surface area contributed by atoms with Crippen molar-refractivity contribution >= 4 is 39.3 Å². The monoisotopic (exact) mass is 386 g/mol. The highest BCUT2D eigenvalue weighted by molar-refractivity contribution is 7.68. The molecule has 0 N–H and O–H groups in total. The van der Waals surface area contributed by atoms with Crippen molar-refractivity contribution in [3.05, 3.63) is 115 Å². The van der Waals surface area contributed by atoms with Gasteiger partial charge in [-0.1, -0.05) is 117 Å². The number of hydrogen-bond donors (Lipinski definition) is 0. The van der Waals surface area contributed by atoms with E-state index < -0.39 is 7.53 Å². The van der Waals surface area contributed by atoms with Crippen LogP contribution >= 0.6 is 7.53 Å². The minimum absolute atomic E-state index is 0.560. The van der Waals surface area contributed by atoms with Crippen LogP contribution in [0.15, 0.2) is 115 Å². The van der Waals surface area contributed by atoms with Crippen LogP contribution in [0.1, 0.15) is 0 Å². The van der Waals surface area contributed by atoms with Crippen LogP contribution in [0.3, 0.4) is 0 Å². The zero-order valence-electron chi connectivity index (χ0n) is 15.9. The van der Waals surface area contributed by atoms with Gasteiger partial charge in [-0.05, 0) is 44.0 Å². The van der Waals surface area contributed by atoms with E-state index in [9.17, 15) is 0 Å². The second-order valence-electron chi connectivity index (χ2n) is 7.45. The van der Waals surface area contributed by atoms with E-state index in [2.05, 4.69) is 115 Å². The summed E-state index contributed by atoms with van der Waals surface area (Å²) in [6, 6.07) is 42.2. The topological polar surface area (TPSA) is 0 Å². The lowest BCUT2D eigenvalue weighted by atomic mass is 9.99. The SMILES string of the molecule is c1ccc(-p2c3ccccc3c3cccc(-c4ccc5ccccc5c4)c32)cc1. The summed E-state index contributed by atoms with van der Waals surface area (Å²) in [5, 5.41) is 9.74. The molecule has 0 fully saturated rings. The summed E-state index contributed by atoms with van der Waals surface area (Å²) in [4.78, 5) is 0. The van der Waals surface area contributed by atoms with Crippen LogP contribution in [-0.2, 0) is 0 Å². The van der Waals surface area contributed by atoms with Gasteiger partial charge in [0.1, 0.15) is 0 Å². The lowest BCUT2D eigenvalue weighted by molar-refractivity contribution is 1.71. The van der Waals surface area contributed by atoms with Crippen molar-refractivity contribution in [1.82, 2.24) is 0 Å². The van der Waals surface area contributed by atoms with Gasteiger partial charge in [0.15, 0.2) is 0 Å². The summed E-state index contributed by atoms with van der Waals surface area (Å²) in [5.74, 6) is 0. The first-order valence-electron chi connectivity index (χ1n) is 9.97. The summed E-state index contributed by atoms with van der Waals surface area (Å²) < 4.78 is 0. The third-order valence-corrected chi connectivity index (χ3v) is 8.38. The molecule has 1 heteroatoms. The second-order valence-corrected chi connectivity index (χ2v) is 9.57. The summed E-state index contributed by atoms with van der Waals surface area (Å²) in [5.41, 5.74) is 2.66. The van der Waals surface area contributed by atoms with Crippen LogP contribution in [0.4, 0.5) is 0 Å². The van der Waals surface area contributed by atoms with E-state index in [0.29, 0.717) is 0 Å². The highest BCUT2D eigenvalue weighted by atomic mass is 31.1. The third kappa shape index (κ3) is 2.61. The fraction of sp³-hybridized carbons (Fsp3) is 0. The molecule has 0 spiro atoms. The van der Waals surface area contributed by atoms with E-state index in [0.717, 1.165) is 0 Å². The number of rotatable bonds is 2. The number of hydrogen-bond acceptors (Lipinski definition) is 0. The Kier molecular flexibility index (Phi) is 3.79. The minimum atomic E-state index is -0.560. The largest absolute Gasteiger partial charge is 0.0766 e. The molecule has 0 aliphatic heterocycles. The Hall–Kier alpha value is -3.34. The van der Waals surface area contributed by atoms with Crippen LogP contribution in [0.5, 0.6) is 0 Å². The molecule has 1 atom stereocenters. The molecule has 136 valence electrons. The fourth-order valence-electron chi connectivity index (χ4n) is 4.45. The van der Waals surface area contributed by atoms with Gasteiger partial charge in [0.25, 0.3) is 0 Å². The summed E-state index contributed by atoms with van der Waals surface area (Å²) in [6.07, 6.45) is 0. The first-order valence-corrected chi connectivity index (χ1v) is 11.3. The van der Waals surface area contributed by atoms with E-state index in [-0.39, 0.29) is 0 Å². The zero-order chi connectivity index (χ0) is 19.2. The molecule has 0 saturated heterocycles. The van der Waals surface area contributed by atoms with Crippen molar-refractivity contribution in [2.45, 2.75) is 0 Å². The van der Waals surface area contributed by atoms with Crippen molar-refractivity contribution in [1.29, 1.82) is 0 Å². The molecule has 5 aromatic carbocycles. The maximum atomic E-state index is 2.34. The quantitative estimate of drug-likeness (QED) is 0.279. The Labute approximate surface area is 171 Å². The molecule has 1 aromatic heterocycles. The molecular formula is C28H19P. The van der Waals surface area contributed by atoms with Crippen LogP contribution in [0.2, 0.25) is 0 Å². The Balaban J connectivity index is 1.76. The van der Waals surface area contributed by atoms with Gasteiger partial charge in [0.05, 0.1) is 0 Å². The maximum absolute atomic E-state index is 2.34. The lowest BCUT2D eigenvalue weighted by Gasteiger charge is -2.10. The predicted molar refractivity (Wildman–Crippen MR) is 128 cm³/mol. The van der Waals surface area contributed by atoms with Crippen molar-refractivity contribution in [2.24, 2.45) is 0 Å². The molecule has 0 saturated carbocycles. The molecular weight excluding hydrogens is 367 g/mol. The maximum Gasteiger partial charge on any atom is 0.0147 e. The van der Waals surface area contributed by atoms with Gasteiger partial charge in [-0.3, -0.25) is 0 Å². The standard InChI is InChI=1S/C28H19P/c1-2-11-23(12-3-1)29-27-16-7-6-13-25(27)26-15-8-14-24(28(26)29)22-18-17-20-9-4-5-10-21(20)19-22/h1-19H. The molecule has 6 rings (SSSR count). The summed E-state index contributed by atoms with van der Waals surface area (Å²) in [7, 11) is -0.560. The van der Waals surface area contributed by atoms with Gasteiger partial charge in [-0.15, -0.1) is 0 Å². The molecule has 0 aliphatic rings. The van der Waals surface area contributed by atoms with Crippen LogP contribution in [-0.4, -0.2) is 0 Å². The Morgan fingerprint density at radius 3 is 2.10 bits per heavy atom. The first-order chi connectivity index (χ1) is 14.4. The Morgan fingerprint density at radius 1 is 0.483 bits per heavy atom. The highest BCUT2D eigenvalue weighted by Crippen LogP contribution is 2.57. The second kappa shape index (κ2) is 6.62. The fourth-order valence-corrected chi connectivity index (χ4v) is 7.25. The normalized spacial score (nSPS) is 12.1. The lowest BCUT2D eigenvalue weighted by Crippen LogP contribution is -1.80. The first kappa shape index (κ1) is 16.6. The van der Waals surface area contributed by atoms with Crippen molar-refractivity contribution in [2.75, 3.05) is 0 Å². The third-order valence-electron chi connectivity index (χ3n) is 5.77. The molecule has 0 radical (unpaired) electrons. The Morgan fingerprint density at radius 2 is 1.21 bits per heavy atom. The molecule has 0 bridgehead atoms. The average Bonchev–Trinajstić information content (AvgIpc) is 3.14. The van der Waals surface area contributed by atoms with Crippen molar-refractivity contribution < 1.29 is 0 Å². The molecule has 6 aromatic rings. The van der Waals surface area contributed by atoms with Gasteiger partial charge in [0, 0.05) is 10.2 Å². The number of benzene rings is 5. The van der Waals surface area contributed by atoms with E-state index in [1.54, 1.807) is 0 Å². The molecule has 0 aliphatic carbocycles. The van der Waals surface area contributed by atoms with E-state index >= 15 is 0 Å². The van der Waals surface area contributed by atoms with Crippen LogP contribution in [0, 0.1) is 0 Å². The van der Waals surface area contributed by atoms with Gasteiger partial charge < -0.3 is 0 Å². The zero-order valence-corrected chi connectivity index (χ0v) is 16.8. The van der Waals surface area contributed by atoms with E-state index in [1.807, 2.05) is 0 Å². The van der Waals surface area contributed by atoms with Gasteiger partial charge in [0.2, 0.25) is 0 Å². The minimum Gasteiger partial charge on any atom is -0.0766 e. The smallest absolute Gasteiger partial charge is 0.0147 e. The molecule has 1 heterocycles. The summed E-state index contributed by atoms with van der Waals surface area (Å²) in [6.45, 7) is 0. The van der Waals surface area contributed by atoms with Crippen LogP contribution < -0.4 is 0 Å². The van der Waals surface area contributed by atoms with Gasteiger partial charge >= 0.3 is 0 Å². The Bertz CT molecular complexity index is 1490.